The van der Waals surface area contributed by atoms with Gasteiger partial charge in [-0.1, -0.05) is 24.3 Å². The average Bonchev–Trinajstić information content (AvgIpc) is 2.51. The summed E-state index contributed by atoms with van der Waals surface area (Å²) in [5, 5.41) is 0.436. The summed E-state index contributed by atoms with van der Waals surface area (Å²) in [6, 6.07) is 0. The quantitative estimate of drug-likeness (QED) is 0.453. The van der Waals surface area contributed by atoms with E-state index < -0.39 is 0 Å². The molecule has 0 spiro atoms. The Morgan fingerprint density at radius 1 is 1.33 bits per heavy atom. The summed E-state index contributed by atoms with van der Waals surface area (Å²) in [6.45, 7) is 0. The smallest absolute Gasteiger partial charge is 0.0439 e. The number of rotatable bonds is 0. The number of fused-ring (bicyclic) bond motifs is 1. The van der Waals surface area contributed by atoms with Crippen molar-refractivity contribution in [1.29, 1.82) is 0 Å². The molecule has 2 aliphatic carbocycles. The minimum absolute atomic E-state index is 0.436. The molecule has 0 aromatic rings. The standard InChI is InChI=1S/C8H9Cl/c9-8-6-4-2-1-3-5-7(6)8/h1-4,6-8H,5H2/t6-,7+,8+/m1/s1. The van der Waals surface area contributed by atoms with E-state index in [1.54, 1.807) is 0 Å². The van der Waals surface area contributed by atoms with E-state index >= 15 is 0 Å². The van der Waals surface area contributed by atoms with Crippen molar-refractivity contribution in [2.24, 2.45) is 11.8 Å². The summed E-state index contributed by atoms with van der Waals surface area (Å²) in [5.74, 6) is 1.43. The lowest BCUT2D eigenvalue weighted by molar-refractivity contribution is 0.813. The zero-order chi connectivity index (χ0) is 6.27. The Balaban J connectivity index is 2.13. The SMILES string of the molecule is Cl[C@H]1[C@@H]2C=CC=CC[C@H]12. The summed E-state index contributed by atoms with van der Waals surface area (Å²) < 4.78 is 0. The van der Waals surface area contributed by atoms with Gasteiger partial charge in [-0.3, -0.25) is 0 Å². The van der Waals surface area contributed by atoms with Gasteiger partial charge in [0.25, 0.3) is 0 Å². The van der Waals surface area contributed by atoms with Gasteiger partial charge in [-0.05, 0) is 18.3 Å². The second kappa shape index (κ2) is 1.88. The van der Waals surface area contributed by atoms with Gasteiger partial charge in [0, 0.05) is 5.38 Å². The van der Waals surface area contributed by atoms with Crippen molar-refractivity contribution in [2.45, 2.75) is 11.8 Å². The first kappa shape index (κ1) is 5.55. The summed E-state index contributed by atoms with van der Waals surface area (Å²) in [7, 11) is 0. The molecule has 48 valence electrons. The highest BCUT2D eigenvalue weighted by atomic mass is 35.5. The average molecular weight is 141 g/mol. The Morgan fingerprint density at radius 2 is 2.22 bits per heavy atom. The highest BCUT2D eigenvalue weighted by Crippen LogP contribution is 2.48. The lowest BCUT2D eigenvalue weighted by Gasteiger charge is -1.82. The zero-order valence-electron chi connectivity index (χ0n) is 5.13. The van der Waals surface area contributed by atoms with Crippen molar-refractivity contribution in [1.82, 2.24) is 0 Å². The minimum atomic E-state index is 0.436. The van der Waals surface area contributed by atoms with Crippen LogP contribution in [0.25, 0.3) is 0 Å². The van der Waals surface area contributed by atoms with Crippen LogP contribution in [-0.4, -0.2) is 5.38 Å². The van der Waals surface area contributed by atoms with Gasteiger partial charge in [0.2, 0.25) is 0 Å². The molecule has 0 amide bonds. The van der Waals surface area contributed by atoms with E-state index in [0.29, 0.717) is 11.3 Å². The molecule has 0 nitrogen and oxygen atoms in total. The summed E-state index contributed by atoms with van der Waals surface area (Å²) >= 11 is 5.95. The van der Waals surface area contributed by atoms with Crippen LogP contribution in [-0.2, 0) is 0 Å². The van der Waals surface area contributed by atoms with Crippen LogP contribution in [0.15, 0.2) is 24.3 Å². The number of hydrogen-bond donors (Lipinski definition) is 0. The second-order valence-corrected chi connectivity index (χ2v) is 3.24. The number of alkyl halides is 1. The van der Waals surface area contributed by atoms with Crippen molar-refractivity contribution in [3.05, 3.63) is 24.3 Å². The first-order valence-corrected chi connectivity index (χ1v) is 3.80. The Bertz CT molecular complexity index is 169. The lowest BCUT2D eigenvalue weighted by atomic mass is 10.2. The maximum Gasteiger partial charge on any atom is 0.0439 e. The van der Waals surface area contributed by atoms with Gasteiger partial charge in [-0.15, -0.1) is 11.6 Å². The van der Waals surface area contributed by atoms with Crippen molar-refractivity contribution in [2.75, 3.05) is 0 Å². The normalized spacial score (nSPS) is 46.1. The van der Waals surface area contributed by atoms with Gasteiger partial charge in [-0.25, -0.2) is 0 Å². The molecule has 2 rings (SSSR count). The lowest BCUT2D eigenvalue weighted by Crippen LogP contribution is -1.73. The van der Waals surface area contributed by atoms with Gasteiger partial charge >= 0.3 is 0 Å². The third-order valence-electron chi connectivity index (χ3n) is 2.12. The highest BCUT2D eigenvalue weighted by molar-refractivity contribution is 6.23. The first-order valence-electron chi connectivity index (χ1n) is 3.37. The van der Waals surface area contributed by atoms with Crippen LogP contribution >= 0.6 is 11.6 Å². The molecule has 2 aliphatic rings. The van der Waals surface area contributed by atoms with E-state index in [-0.39, 0.29) is 0 Å². The molecule has 1 fully saturated rings. The fourth-order valence-corrected chi connectivity index (χ4v) is 1.86. The molecule has 0 aromatic carbocycles. The predicted octanol–water partition coefficient (Wildman–Crippen LogP) is 2.36. The fourth-order valence-electron chi connectivity index (χ4n) is 1.40. The molecule has 0 saturated heterocycles. The molecule has 0 N–H and O–H groups in total. The summed E-state index contributed by atoms with van der Waals surface area (Å²) in [4.78, 5) is 0. The van der Waals surface area contributed by atoms with Gasteiger partial charge in [0.05, 0.1) is 0 Å². The Hall–Kier alpha value is -0.230. The third-order valence-corrected chi connectivity index (χ3v) is 2.73. The molecular weight excluding hydrogens is 132 g/mol. The Kier molecular flexibility index (Phi) is 1.16. The van der Waals surface area contributed by atoms with Gasteiger partial charge < -0.3 is 0 Å². The first-order chi connectivity index (χ1) is 4.39. The van der Waals surface area contributed by atoms with E-state index in [0.717, 1.165) is 5.92 Å². The topological polar surface area (TPSA) is 0 Å². The van der Waals surface area contributed by atoms with Crippen molar-refractivity contribution >= 4 is 11.6 Å². The monoisotopic (exact) mass is 140 g/mol. The largest absolute Gasteiger partial charge is 0.122 e. The molecule has 1 heteroatoms. The van der Waals surface area contributed by atoms with Crippen LogP contribution in [0, 0.1) is 11.8 Å². The predicted molar refractivity (Wildman–Crippen MR) is 39.5 cm³/mol. The molecule has 0 aromatic heterocycles. The molecule has 9 heavy (non-hydrogen) atoms. The molecule has 0 heterocycles. The van der Waals surface area contributed by atoms with Gasteiger partial charge in [0.15, 0.2) is 0 Å². The summed E-state index contributed by atoms with van der Waals surface area (Å²) in [5.41, 5.74) is 0. The molecular formula is C8H9Cl. The number of allylic oxidation sites excluding steroid dienone is 4. The number of hydrogen-bond acceptors (Lipinski definition) is 0. The molecule has 0 bridgehead atoms. The fraction of sp³-hybridized carbons (Fsp3) is 0.500. The van der Waals surface area contributed by atoms with E-state index in [1.807, 2.05) is 0 Å². The molecule has 0 unspecified atom stereocenters. The molecule has 3 atom stereocenters. The van der Waals surface area contributed by atoms with Crippen LogP contribution < -0.4 is 0 Å². The maximum absolute atomic E-state index is 5.95. The minimum Gasteiger partial charge on any atom is -0.122 e. The van der Waals surface area contributed by atoms with Gasteiger partial charge in [-0.2, -0.15) is 0 Å². The third kappa shape index (κ3) is 0.819. The van der Waals surface area contributed by atoms with Crippen molar-refractivity contribution < 1.29 is 0 Å². The summed E-state index contributed by atoms with van der Waals surface area (Å²) in [6.07, 6.45) is 9.80. The van der Waals surface area contributed by atoms with Crippen LogP contribution in [0.4, 0.5) is 0 Å². The van der Waals surface area contributed by atoms with E-state index in [4.69, 9.17) is 11.6 Å². The van der Waals surface area contributed by atoms with Crippen LogP contribution in [0.2, 0.25) is 0 Å². The van der Waals surface area contributed by atoms with Crippen LogP contribution in [0.1, 0.15) is 6.42 Å². The Labute approximate surface area is 60.2 Å². The number of halogens is 1. The molecule has 0 radical (unpaired) electrons. The van der Waals surface area contributed by atoms with E-state index in [2.05, 4.69) is 24.3 Å². The molecule has 1 saturated carbocycles. The van der Waals surface area contributed by atoms with Crippen molar-refractivity contribution in [3.8, 4) is 0 Å². The molecule has 0 aliphatic heterocycles. The van der Waals surface area contributed by atoms with Crippen LogP contribution in [0.3, 0.4) is 0 Å². The Morgan fingerprint density at radius 3 is 3.11 bits per heavy atom. The van der Waals surface area contributed by atoms with E-state index in [1.165, 1.54) is 6.42 Å². The maximum atomic E-state index is 5.95. The zero-order valence-corrected chi connectivity index (χ0v) is 5.88. The van der Waals surface area contributed by atoms with Crippen LogP contribution in [0.5, 0.6) is 0 Å². The van der Waals surface area contributed by atoms with E-state index in [9.17, 15) is 0 Å². The van der Waals surface area contributed by atoms with Gasteiger partial charge in [0.1, 0.15) is 0 Å². The van der Waals surface area contributed by atoms with Crippen molar-refractivity contribution in [3.63, 3.8) is 0 Å². The second-order valence-electron chi connectivity index (χ2n) is 2.73. The highest BCUT2D eigenvalue weighted by Gasteiger charge is 2.46.